The van der Waals surface area contributed by atoms with Gasteiger partial charge in [-0.25, -0.2) is 0 Å². The number of nitrogens with one attached hydrogen (secondary N) is 1. The minimum atomic E-state index is 0.000458. The quantitative estimate of drug-likeness (QED) is 0.577. The van der Waals surface area contributed by atoms with Gasteiger partial charge in [0.15, 0.2) is 0 Å². The molecular weight excluding hydrogens is 190 g/mol. The fraction of sp³-hybridized carbons (Fsp3) is 0.455. The number of nitrogens with two attached hydrogens (primary N) is 1. The van der Waals surface area contributed by atoms with Gasteiger partial charge < -0.3 is 10.5 Å². The van der Waals surface area contributed by atoms with Crippen LogP contribution in [-0.2, 0) is 11.3 Å². The van der Waals surface area contributed by atoms with Crippen LogP contribution in [0.15, 0.2) is 18.3 Å². The van der Waals surface area contributed by atoms with Crippen LogP contribution in [0.1, 0.15) is 30.5 Å². The van der Waals surface area contributed by atoms with E-state index in [0.717, 1.165) is 5.56 Å². The Balaban J connectivity index is 1.94. The number of amidine groups is 1. The van der Waals surface area contributed by atoms with Crippen LogP contribution in [-0.4, -0.2) is 16.9 Å². The normalized spacial score (nSPS) is 16.0. The number of aromatic nitrogens is 1. The number of hydrogen-bond acceptors (Lipinski definition) is 3. The summed E-state index contributed by atoms with van der Waals surface area (Å²) in [7, 11) is 0. The molecule has 15 heavy (non-hydrogen) atoms. The third-order valence-corrected chi connectivity index (χ3v) is 2.64. The number of ether oxygens (including phenoxy) is 1. The van der Waals surface area contributed by atoms with E-state index in [1.54, 1.807) is 12.3 Å². The van der Waals surface area contributed by atoms with Crippen molar-refractivity contribution in [2.75, 3.05) is 0 Å². The standard InChI is InChI=1S/C11H15N3O/c12-11(13)10-6-8(4-5-14-10)7-15-9-2-1-3-9/h4-6,9H,1-3,7H2,(H3,12,13). The van der Waals surface area contributed by atoms with Crippen molar-refractivity contribution in [2.24, 2.45) is 5.73 Å². The van der Waals surface area contributed by atoms with Gasteiger partial charge in [-0.15, -0.1) is 0 Å². The number of hydrogen-bond donors (Lipinski definition) is 2. The third-order valence-electron chi connectivity index (χ3n) is 2.64. The fourth-order valence-electron chi connectivity index (χ4n) is 1.46. The van der Waals surface area contributed by atoms with Crippen molar-refractivity contribution < 1.29 is 4.74 Å². The Bertz CT molecular complexity index is 361. The van der Waals surface area contributed by atoms with E-state index < -0.39 is 0 Å². The van der Waals surface area contributed by atoms with Gasteiger partial charge in [0.1, 0.15) is 11.5 Å². The van der Waals surface area contributed by atoms with Crippen LogP contribution in [0, 0.1) is 5.41 Å². The highest BCUT2D eigenvalue weighted by Gasteiger charge is 2.17. The average Bonchev–Trinajstić information content (AvgIpc) is 2.16. The van der Waals surface area contributed by atoms with E-state index in [4.69, 9.17) is 15.9 Å². The van der Waals surface area contributed by atoms with E-state index in [1.807, 2.05) is 6.07 Å². The fourth-order valence-corrected chi connectivity index (χ4v) is 1.46. The lowest BCUT2D eigenvalue weighted by molar-refractivity contribution is -0.00869. The van der Waals surface area contributed by atoms with Crippen molar-refractivity contribution >= 4 is 5.84 Å². The molecule has 0 aliphatic heterocycles. The van der Waals surface area contributed by atoms with Crippen molar-refractivity contribution in [3.8, 4) is 0 Å². The van der Waals surface area contributed by atoms with E-state index in [0.29, 0.717) is 18.4 Å². The van der Waals surface area contributed by atoms with E-state index in [-0.39, 0.29) is 5.84 Å². The first kappa shape index (κ1) is 10.1. The first-order chi connectivity index (χ1) is 7.25. The second-order valence-electron chi connectivity index (χ2n) is 3.83. The van der Waals surface area contributed by atoms with Gasteiger partial charge in [0, 0.05) is 6.20 Å². The Morgan fingerprint density at radius 1 is 1.60 bits per heavy atom. The molecule has 0 radical (unpaired) electrons. The molecule has 0 bridgehead atoms. The van der Waals surface area contributed by atoms with Gasteiger partial charge in [-0.05, 0) is 37.0 Å². The molecule has 1 saturated carbocycles. The summed E-state index contributed by atoms with van der Waals surface area (Å²) >= 11 is 0. The van der Waals surface area contributed by atoms with Crippen molar-refractivity contribution in [3.63, 3.8) is 0 Å². The Labute approximate surface area is 89.0 Å². The van der Waals surface area contributed by atoms with Crippen molar-refractivity contribution in [3.05, 3.63) is 29.6 Å². The molecule has 0 amide bonds. The summed E-state index contributed by atoms with van der Waals surface area (Å²) in [5.74, 6) is 0.000458. The zero-order valence-corrected chi connectivity index (χ0v) is 8.57. The van der Waals surface area contributed by atoms with Crippen LogP contribution in [0.25, 0.3) is 0 Å². The van der Waals surface area contributed by atoms with E-state index in [9.17, 15) is 0 Å². The van der Waals surface area contributed by atoms with Crippen molar-refractivity contribution in [1.29, 1.82) is 5.41 Å². The average molecular weight is 205 g/mol. The monoisotopic (exact) mass is 205 g/mol. The molecule has 4 nitrogen and oxygen atoms in total. The summed E-state index contributed by atoms with van der Waals surface area (Å²) in [6.45, 7) is 0.591. The number of nitrogens with zero attached hydrogens (tertiary/aromatic N) is 1. The molecule has 0 saturated heterocycles. The summed E-state index contributed by atoms with van der Waals surface area (Å²) < 4.78 is 5.66. The van der Waals surface area contributed by atoms with Crippen LogP contribution in [0.2, 0.25) is 0 Å². The predicted molar refractivity (Wildman–Crippen MR) is 57.7 cm³/mol. The van der Waals surface area contributed by atoms with E-state index >= 15 is 0 Å². The van der Waals surface area contributed by atoms with E-state index in [1.165, 1.54) is 19.3 Å². The number of rotatable bonds is 4. The molecule has 0 atom stereocenters. The molecule has 0 spiro atoms. The highest BCUT2D eigenvalue weighted by atomic mass is 16.5. The van der Waals surface area contributed by atoms with Crippen LogP contribution < -0.4 is 5.73 Å². The zero-order chi connectivity index (χ0) is 10.7. The Hall–Kier alpha value is -1.42. The van der Waals surface area contributed by atoms with Crippen LogP contribution in [0.5, 0.6) is 0 Å². The second-order valence-corrected chi connectivity index (χ2v) is 3.83. The minimum Gasteiger partial charge on any atom is -0.382 e. The summed E-state index contributed by atoms with van der Waals surface area (Å²) in [4.78, 5) is 4.00. The van der Waals surface area contributed by atoms with Crippen LogP contribution in [0.4, 0.5) is 0 Å². The molecular formula is C11H15N3O. The van der Waals surface area contributed by atoms with Crippen molar-refractivity contribution in [1.82, 2.24) is 4.98 Å². The van der Waals surface area contributed by atoms with Gasteiger partial charge in [-0.3, -0.25) is 10.4 Å². The Morgan fingerprint density at radius 3 is 3.00 bits per heavy atom. The van der Waals surface area contributed by atoms with Gasteiger partial charge in [0.05, 0.1) is 12.7 Å². The molecule has 0 aromatic carbocycles. The molecule has 80 valence electrons. The molecule has 1 aliphatic rings. The van der Waals surface area contributed by atoms with Crippen LogP contribution in [0.3, 0.4) is 0 Å². The van der Waals surface area contributed by atoms with Gasteiger partial charge >= 0.3 is 0 Å². The molecule has 2 rings (SSSR count). The maximum Gasteiger partial charge on any atom is 0.141 e. The molecule has 1 fully saturated rings. The molecule has 3 N–H and O–H groups in total. The van der Waals surface area contributed by atoms with Gasteiger partial charge in [0.25, 0.3) is 0 Å². The Morgan fingerprint density at radius 2 is 2.40 bits per heavy atom. The SMILES string of the molecule is N=C(N)c1cc(COC2CCC2)ccn1. The highest BCUT2D eigenvalue weighted by Crippen LogP contribution is 2.23. The molecule has 0 unspecified atom stereocenters. The summed E-state index contributed by atoms with van der Waals surface area (Å²) in [6.07, 6.45) is 5.71. The summed E-state index contributed by atoms with van der Waals surface area (Å²) in [5.41, 5.74) is 6.90. The lowest BCUT2D eigenvalue weighted by atomic mass is 9.96. The first-order valence-corrected chi connectivity index (χ1v) is 5.16. The topological polar surface area (TPSA) is 72.0 Å². The van der Waals surface area contributed by atoms with Gasteiger partial charge in [-0.1, -0.05) is 0 Å². The minimum absolute atomic E-state index is 0.000458. The molecule has 4 heteroatoms. The number of nitrogen functional groups attached to an aromatic ring is 1. The van der Waals surface area contributed by atoms with Gasteiger partial charge in [-0.2, -0.15) is 0 Å². The summed E-state index contributed by atoms with van der Waals surface area (Å²) in [6, 6.07) is 3.70. The van der Waals surface area contributed by atoms with Crippen molar-refractivity contribution in [2.45, 2.75) is 32.0 Å². The maximum absolute atomic E-state index is 7.27. The largest absolute Gasteiger partial charge is 0.382 e. The number of pyridine rings is 1. The molecule has 1 aromatic rings. The maximum atomic E-state index is 7.27. The predicted octanol–water partition coefficient (Wildman–Crippen LogP) is 1.43. The lowest BCUT2D eigenvalue weighted by Crippen LogP contribution is -2.21. The lowest BCUT2D eigenvalue weighted by Gasteiger charge is -2.25. The molecule has 1 aliphatic carbocycles. The van der Waals surface area contributed by atoms with Gasteiger partial charge in [0.2, 0.25) is 0 Å². The smallest absolute Gasteiger partial charge is 0.141 e. The Kier molecular flexibility index (Phi) is 2.97. The highest BCUT2D eigenvalue weighted by molar-refractivity contribution is 5.93. The second kappa shape index (κ2) is 4.40. The first-order valence-electron chi connectivity index (χ1n) is 5.16. The molecule has 1 heterocycles. The third kappa shape index (κ3) is 2.53. The zero-order valence-electron chi connectivity index (χ0n) is 8.57. The van der Waals surface area contributed by atoms with Crippen LogP contribution >= 0.6 is 0 Å². The van der Waals surface area contributed by atoms with E-state index in [2.05, 4.69) is 4.98 Å². The summed E-state index contributed by atoms with van der Waals surface area (Å²) in [5, 5.41) is 7.27. The molecule has 1 aromatic heterocycles.